The normalized spacial score (nSPS) is 16.1. The van der Waals surface area contributed by atoms with Gasteiger partial charge in [-0.05, 0) is 50.8 Å². The lowest BCUT2D eigenvalue weighted by molar-refractivity contribution is 0.384. The number of benzene rings is 1. The maximum Gasteiger partial charge on any atom is 0.246 e. The van der Waals surface area contributed by atoms with Gasteiger partial charge in [-0.1, -0.05) is 23.7 Å². The Kier molecular flexibility index (Phi) is 5.23. The van der Waals surface area contributed by atoms with Gasteiger partial charge in [-0.25, -0.2) is 12.8 Å². The lowest BCUT2D eigenvalue weighted by Gasteiger charge is -2.28. The molecule has 2 heterocycles. The van der Waals surface area contributed by atoms with Gasteiger partial charge >= 0.3 is 0 Å². The van der Waals surface area contributed by atoms with Gasteiger partial charge in [0.05, 0.1) is 16.4 Å². The van der Waals surface area contributed by atoms with Crippen LogP contribution in [-0.2, 0) is 10.0 Å². The van der Waals surface area contributed by atoms with Crippen LogP contribution in [-0.4, -0.2) is 36.0 Å². The maximum absolute atomic E-state index is 14.9. The lowest BCUT2D eigenvalue weighted by Crippen LogP contribution is -2.37. The Morgan fingerprint density at radius 2 is 1.88 bits per heavy atom. The Bertz CT molecular complexity index is 953. The van der Waals surface area contributed by atoms with E-state index in [1.54, 1.807) is 26.0 Å². The van der Waals surface area contributed by atoms with Crippen molar-refractivity contribution in [2.75, 3.05) is 13.1 Å². The van der Waals surface area contributed by atoms with E-state index in [4.69, 9.17) is 11.6 Å². The number of aryl methyl sites for hydroxylation is 3. The van der Waals surface area contributed by atoms with E-state index in [1.807, 2.05) is 13.0 Å². The first-order chi connectivity index (χ1) is 12.2. The van der Waals surface area contributed by atoms with E-state index >= 15 is 0 Å². The van der Waals surface area contributed by atoms with E-state index in [1.165, 1.54) is 4.31 Å². The molecule has 140 valence electrons. The summed E-state index contributed by atoms with van der Waals surface area (Å²) in [6.45, 7) is 5.70. The van der Waals surface area contributed by atoms with Crippen molar-refractivity contribution in [3.8, 4) is 0 Å². The van der Waals surface area contributed by atoms with Gasteiger partial charge in [-0.3, -0.25) is 5.10 Å². The summed E-state index contributed by atoms with van der Waals surface area (Å²) in [5.74, 6) is -0.345. The number of aromatic nitrogens is 2. The van der Waals surface area contributed by atoms with Crippen LogP contribution in [0.4, 0.5) is 4.39 Å². The number of rotatable bonds is 3. The Labute approximate surface area is 157 Å². The van der Waals surface area contributed by atoms with Crippen molar-refractivity contribution in [3.05, 3.63) is 51.3 Å². The fourth-order valence-corrected chi connectivity index (χ4v) is 5.35. The fraction of sp³-hybridized carbons (Fsp3) is 0.389. The van der Waals surface area contributed by atoms with Crippen LogP contribution in [0.3, 0.4) is 0 Å². The maximum atomic E-state index is 14.9. The summed E-state index contributed by atoms with van der Waals surface area (Å²) >= 11 is 6.16. The van der Waals surface area contributed by atoms with E-state index in [-0.39, 0.29) is 23.8 Å². The number of nitrogens with one attached hydrogen (secondary N) is 1. The highest BCUT2D eigenvalue weighted by molar-refractivity contribution is 7.89. The summed E-state index contributed by atoms with van der Waals surface area (Å²) < 4.78 is 42.0. The Morgan fingerprint density at radius 3 is 2.42 bits per heavy atom. The molecular formula is C18H21ClFN3O2S. The molecule has 0 amide bonds. The number of sulfonamides is 1. The van der Waals surface area contributed by atoms with Crippen LogP contribution < -0.4 is 0 Å². The van der Waals surface area contributed by atoms with Crippen LogP contribution >= 0.6 is 11.6 Å². The topological polar surface area (TPSA) is 66.1 Å². The first kappa shape index (κ1) is 19.1. The number of piperidine rings is 1. The molecule has 1 fully saturated rings. The number of nitrogens with zero attached hydrogens (tertiary/aromatic N) is 2. The van der Waals surface area contributed by atoms with Crippen molar-refractivity contribution >= 4 is 27.5 Å². The highest BCUT2D eigenvalue weighted by Crippen LogP contribution is 2.34. The monoisotopic (exact) mass is 397 g/mol. The molecule has 0 saturated carbocycles. The molecule has 1 aliphatic heterocycles. The second kappa shape index (κ2) is 7.13. The van der Waals surface area contributed by atoms with E-state index in [0.29, 0.717) is 40.4 Å². The van der Waals surface area contributed by atoms with E-state index in [0.717, 1.165) is 5.56 Å². The molecule has 0 atom stereocenters. The zero-order chi connectivity index (χ0) is 19.1. The molecule has 0 bridgehead atoms. The SMILES string of the molecule is Cc1ccc(C(F)=C2CCN(S(=O)(=O)c3c(C)n[nH]c3C)CC2)c(Cl)c1. The highest BCUT2D eigenvalue weighted by atomic mass is 35.5. The highest BCUT2D eigenvalue weighted by Gasteiger charge is 2.32. The van der Waals surface area contributed by atoms with Crippen molar-refractivity contribution in [3.63, 3.8) is 0 Å². The van der Waals surface area contributed by atoms with Crippen LogP contribution in [0, 0.1) is 20.8 Å². The van der Waals surface area contributed by atoms with Crippen LogP contribution in [0.15, 0.2) is 28.7 Å². The molecule has 5 nitrogen and oxygen atoms in total. The summed E-state index contributed by atoms with van der Waals surface area (Å²) in [7, 11) is -3.64. The largest absolute Gasteiger partial charge is 0.281 e. The molecule has 0 radical (unpaired) electrons. The van der Waals surface area contributed by atoms with Gasteiger partial charge in [0.15, 0.2) is 0 Å². The van der Waals surface area contributed by atoms with Crippen molar-refractivity contribution in [2.45, 2.75) is 38.5 Å². The van der Waals surface area contributed by atoms with Gasteiger partial charge in [-0.2, -0.15) is 9.40 Å². The van der Waals surface area contributed by atoms with Crippen molar-refractivity contribution < 1.29 is 12.8 Å². The Balaban J connectivity index is 1.83. The molecule has 26 heavy (non-hydrogen) atoms. The molecule has 2 aromatic rings. The van der Waals surface area contributed by atoms with E-state index < -0.39 is 10.0 Å². The lowest BCUT2D eigenvalue weighted by atomic mass is 10.0. The van der Waals surface area contributed by atoms with Crippen LogP contribution in [0.5, 0.6) is 0 Å². The molecule has 8 heteroatoms. The van der Waals surface area contributed by atoms with Crippen LogP contribution in [0.25, 0.3) is 5.83 Å². The number of H-pyrrole nitrogens is 1. The van der Waals surface area contributed by atoms with Gasteiger partial charge in [-0.15, -0.1) is 0 Å². The molecule has 0 unspecified atom stereocenters. The quantitative estimate of drug-likeness (QED) is 0.845. The summed E-state index contributed by atoms with van der Waals surface area (Å²) in [5, 5.41) is 7.03. The van der Waals surface area contributed by atoms with E-state index in [9.17, 15) is 12.8 Å². The molecule has 1 aromatic carbocycles. The molecule has 1 saturated heterocycles. The average molecular weight is 398 g/mol. The summed E-state index contributed by atoms with van der Waals surface area (Å²) in [4.78, 5) is 0.215. The summed E-state index contributed by atoms with van der Waals surface area (Å²) in [6, 6.07) is 5.20. The Hall–Kier alpha value is -1.70. The number of hydrogen-bond acceptors (Lipinski definition) is 3. The van der Waals surface area contributed by atoms with Crippen molar-refractivity contribution in [2.24, 2.45) is 0 Å². The van der Waals surface area contributed by atoms with Gasteiger partial charge in [0.2, 0.25) is 10.0 Å². The first-order valence-electron chi connectivity index (χ1n) is 8.37. The zero-order valence-electron chi connectivity index (χ0n) is 14.9. The minimum atomic E-state index is -3.64. The Morgan fingerprint density at radius 1 is 1.23 bits per heavy atom. The molecule has 0 aliphatic carbocycles. The summed E-state index contributed by atoms with van der Waals surface area (Å²) in [5.41, 5.74) is 2.89. The van der Waals surface area contributed by atoms with Crippen molar-refractivity contribution in [1.29, 1.82) is 0 Å². The minimum absolute atomic E-state index is 0.215. The average Bonchev–Trinajstić information content (AvgIpc) is 2.93. The molecule has 1 aliphatic rings. The van der Waals surface area contributed by atoms with Gasteiger partial charge in [0.25, 0.3) is 0 Å². The standard InChI is InChI=1S/C18H21ClFN3O2S/c1-11-4-5-15(16(19)10-11)17(20)14-6-8-23(9-7-14)26(24,25)18-12(2)21-22-13(18)3/h4-5,10H,6-9H2,1-3H3,(H,21,22). The van der Waals surface area contributed by atoms with Crippen molar-refractivity contribution in [1.82, 2.24) is 14.5 Å². The third-order valence-corrected chi connectivity index (χ3v) is 7.13. The summed E-state index contributed by atoms with van der Waals surface area (Å²) in [6.07, 6.45) is 0.677. The smallest absolute Gasteiger partial charge is 0.246 e. The second-order valence-corrected chi connectivity index (χ2v) is 8.85. The third-order valence-electron chi connectivity index (χ3n) is 4.66. The predicted octanol–water partition coefficient (Wildman–Crippen LogP) is 4.15. The molecule has 1 aromatic heterocycles. The van der Waals surface area contributed by atoms with Gasteiger partial charge in [0, 0.05) is 18.7 Å². The molecular weight excluding hydrogens is 377 g/mol. The molecule has 3 rings (SSSR count). The number of halogens is 2. The molecule has 1 N–H and O–H groups in total. The van der Waals surface area contributed by atoms with Gasteiger partial charge in [0.1, 0.15) is 10.7 Å². The van der Waals surface area contributed by atoms with Crippen LogP contribution in [0.2, 0.25) is 5.02 Å². The predicted molar refractivity (Wildman–Crippen MR) is 100 cm³/mol. The first-order valence-corrected chi connectivity index (χ1v) is 10.2. The fourth-order valence-electron chi connectivity index (χ4n) is 3.25. The third kappa shape index (κ3) is 3.43. The van der Waals surface area contributed by atoms with Crippen LogP contribution in [0.1, 0.15) is 35.4 Å². The number of hydrogen-bond donors (Lipinski definition) is 1. The molecule has 0 spiro atoms. The zero-order valence-corrected chi connectivity index (χ0v) is 16.5. The minimum Gasteiger partial charge on any atom is -0.281 e. The second-order valence-electron chi connectivity index (χ2n) is 6.57. The number of aromatic amines is 1. The van der Waals surface area contributed by atoms with Gasteiger partial charge < -0.3 is 0 Å². The van der Waals surface area contributed by atoms with E-state index in [2.05, 4.69) is 10.2 Å².